The fraction of sp³-hybridized carbons (Fsp3) is 0.360. The fourth-order valence-electron chi connectivity index (χ4n) is 4.35. The van der Waals surface area contributed by atoms with Crippen molar-refractivity contribution in [2.24, 2.45) is 9.98 Å². The Labute approximate surface area is 177 Å². The Morgan fingerprint density at radius 1 is 1.03 bits per heavy atom. The number of nitrogens with zero attached hydrogens (tertiary/aromatic N) is 3. The molecule has 3 aliphatic heterocycles. The van der Waals surface area contributed by atoms with Crippen molar-refractivity contribution in [3.63, 3.8) is 0 Å². The van der Waals surface area contributed by atoms with Crippen LogP contribution in [0.2, 0.25) is 0 Å². The molecule has 1 fully saturated rings. The molecule has 0 aromatic heterocycles. The highest BCUT2D eigenvalue weighted by molar-refractivity contribution is 5.95. The third-order valence-corrected chi connectivity index (χ3v) is 6.05. The number of ether oxygens (including phenoxy) is 2. The van der Waals surface area contributed by atoms with Crippen LogP contribution in [0.15, 0.2) is 58.5 Å². The molecule has 0 aliphatic carbocycles. The van der Waals surface area contributed by atoms with Crippen molar-refractivity contribution in [1.29, 1.82) is 0 Å². The third-order valence-electron chi connectivity index (χ3n) is 6.05. The Morgan fingerprint density at radius 2 is 1.80 bits per heavy atom. The second-order valence-electron chi connectivity index (χ2n) is 8.36. The Hall–Kier alpha value is -2.76. The van der Waals surface area contributed by atoms with Crippen LogP contribution in [0.5, 0.6) is 11.5 Å². The van der Waals surface area contributed by atoms with Crippen molar-refractivity contribution >= 4 is 23.2 Å². The maximum Gasteiger partial charge on any atom is 0.129 e. The van der Waals surface area contributed by atoms with Gasteiger partial charge in [-0.05, 0) is 54.8 Å². The largest absolute Gasteiger partial charge is 0.457 e. The number of morpholine rings is 1. The van der Waals surface area contributed by atoms with Gasteiger partial charge in [0.25, 0.3) is 0 Å². The van der Waals surface area contributed by atoms with Crippen LogP contribution in [0.25, 0.3) is 5.57 Å². The van der Waals surface area contributed by atoms with E-state index in [1.807, 2.05) is 24.4 Å². The SMILES string of the molecule is C[C@H]1COC[C@H](C)N1CC1=Nc2cc(Oc3ccc(C4=CC=NC4)cc3)ccc2C1. The van der Waals surface area contributed by atoms with Gasteiger partial charge in [0, 0.05) is 43.0 Å². The summed E-state index contributed by atoms with van der Waals surface area (Å²) in [6, 6.07) is 15.3. The van der Waals surface area contributed by atoms with Gasteiger partial charge in [0.15, 0.2) is 0 Å². The Bertz CT molecular complexity index is 1010. The molecule has 1 saturated heterocycles. The maximum absolute atomic E-state index is 6.09. The first-order chi connectivity index (χ1) is 14.7. The molecular formula is C25H27N3O2. The Balaban J connectivity index is 1.26. The molecule has 30 heavy (non-hydrogen) atoms. The second-order valence-corrected chi connectivity index (χ2v) is 8.36. The first-order valence-electron chi connectivity index (χ1n) is 10.7. The lowest BCUT2D eigenvalue weighted by Gasteiger charge is -2.38. The minimum Gasteiger partial charge on any atom is -0.457 e. The fourth-order valence-corrected chi connectivity index (χ4v) is 4.35. The normalized spacial score (nSPS) is 23.3. The van der Waals surface area contributed by atoms with Crippen LogP contribution in [0.4, 0.5) is 5.69 Å². The quantitative estimate of drug-likeness (QED) is 0.731. The molecule has 0 unspecified atom stereocenters. The molecule has 0 N–H and O–H groups in total. The lowest BCUT2D eigenvalue weighted by atomic mass is 10.1. The third kappa shape index (κ3) is 3.95. The molecule has 0 bridgehead atoms. The minimum atomic E-state index is 0.425. The molecule has 0 amide bonds. The van der Waals surface area contributed by atoms with Gasteiger partial charge in [-0.15, -0.1) is 0 Å². The summed E-state index contributed by atoms with van der Waals surface area (Å²) in [5, 5.41) is 0. The summed E-state index contributed by atoms with van der Waals surface area (Å²) in [6.07, 6.45) is 4.84. The van der Waals surface area contributed by atoms with Gasteiger partial charge in [-0.1, -0.05) is 18.2 Å². The number of benzene rings is 2. The number of hydrogen-bond donors (Lipinski definition) is 0. The summed E-state index contributed by atoms with van der Waals surface area (Å²) in [4.78, 5) is 11.7. The number of fused-ring (bicyclic) bond motifs is 1. The highest BCUT2D eigenvalue weighted by Gasteiger charge is 2.28. The minimum absolute atomic E-state index is 0.425. The van der Waals surface area contributed by atoms with Gasteiger partial charge in [-0.25, -0.2) is 0 Å². The summed E-state index contributed by atoms with van der Waals surface area (Å²) >= 11 is 0. The van der Waals surface area contributed by atoms with Gasteiger partial charge in [-0.2, -0.15) is 0 Å². The highest BCUT2D eigenvalue weighted by Crippen LogP contribution is 2.33. The average molecular weight is 402 g/mol. The monoisotopic (exact) mass is 401 g/mol. The van der Waals surface area contributed by atoms with E-state index in [0.717, 1.165) is 49.9 Å². The number of hydrogen-bond acceptors (Lipinski definition) is 5. The van der Waals surface area contributed by atoms with Gasteiger partial charge in [0.1, 0.15) is 11.5 Å². The number of allylic oxidation sites excluding steroid dienone is 1. The molecular weight excluding hydrogens is 374 g/mol. The molecule has 3 aliphatic rings. The number of aliphatic imine (C=N–C) groups is 2. The zero-order chi connectivity index (χ0) is 20.5. The lowest BCUT2D eigenvalue weighted by molar-refractivity contribution is -0.0286. The molecule has 2 atom stereocenters. The molecule has 5 nitrogen and oxygen atoms in total. The molecule has 3 heterocycles. The highest BCUT2D eigenvalue weighted by atomic mass is 16.5. The van der Waals surface area contributed by atoms with Crippen molar-refractivity contribution in [2.75, 3.05) is 26.3 Å². The van der Waals surface area contributed by atoms with E-state index in [0.29, 0.717) is 12.1 Å². The van der Waals surface area contributed by atoms with Crippen LogP contribution in [0.1, 0.15) is 25.0 Å². The van der Waals surface area contributed by atoms with Crippen LogP contribution in [-0.2, 0) is 11.2 Å². The Morgan fingerprint density at radius 3 is 2.53 bits per heavy atom. The lowest BCUT2D eigenvalue weighted by Crippen LogP contribution is -2.51. The molecule has 0 radical (unpaired) electrons. The van der Waals surface area contributed by atoms with Crippen LogP contribution in [0.3, 0.4) is 0 Å². The van der Waals surface area contributed by atoms with E-state index >= 15 is 0 Å². The van der Waals surface area contributed by atoms with Crippen LogP contribution >= 0.6 is 0 Å². The molecule has 0 saturated carbocycles. The van der Waals surface area contributed by atoms with Crippen molar-refractivity contribution in [1.82, 2.24) is 4.90 Å². The van der Waals surface area contributed by atoms with Gasteiger partial charge in [0.05, 0.1) is 25.4 Å². The van der Waals surface area contributed by atoms with E-state index in [1.54, 1.807) is 0 Å². The van der Waals surface area contributed by atoms with E-state index in [-0.39, 0.29) is 0 Å². The first-order valence-corrected chi connectivity index (χ1v) is 10.7. The summed E-state index contributed by atoms with van der Waals surface area (Å²) in [5.41, 5.74) is 5.95. The van der Waals surface area contributed by atoms with Crippen LogP contribution < -0.4 is 4.74 Å². The summed E-state index contributed by atoms with van der Waals surface area (Å²) in [5.74, 6) is 1.65. The van der Waals surface area contributed by atoms with Crippen molar-refractivity contribution < 1.29 is 9.47 Å². The van der Waals surface area contributed by atoms with Gasteiger partial charge in [-0.3, -0.25) is 14.9 Å². The maximum atomic E-state index is 6.09. The smallest absolute Gasteiger partial charge is 0.129 e. The predicted molar refractivity (Wildman–Crippen MR) is 122 cm³/mol. The topological polar surface area (TPSA) is 46.4 Å². The molecule has 5 heteroatoms. The van der Waals surface area contributed by atoms with Gasteiger partial charge in [0.2, 0.25) is 0 Å². The molecule has 0 spiro atoms. The van der Waals surface area contributed by atoms with E-state index in [9.17, 15) is 0 Å². The second kappa shape index (κ2) is 8.17. The van der Waals surface area contributed by atoms with E-state index in [1.165, 1.54) is 22.4 Å². The summed E-state index contributed by atoms with van der Waals surface area (Å²) in [7, 11) is 0. The first kappa shape index (κ1) is 19.2. The zero-order valence-electron chi connectivity index (χ0n) is 17.5. The van der Waals surface area contributed by atoms with E-state index < -0.39 is 0 Å². The van der Waals surface area contributed by atoms with Crippen LogP contribution in [-0.4, -0.2) is 55.2 Å². The molecule has 2 aromatic carbocycles. The molecule has 154 valence electrons. The van der Waals surface area contributed by atoms with Crippen molar-refractivity contribution in [3.05, 3.63) is 59.7 Å². The summed E-state index contributed by atoms with van der Waals surface area (Å²) < 4.78 is 11.7. The van der Waals surface area contributed by atoms with Crippen molar-refractivity contribution in [3.8, 4) is 11.5 Å². The predicted octanol–water partition coefficient (Wildman–Crippen LogP) is 4.68. The standard InChI is InChI=1S/C25H27N3O2/c1-17-15-29-16-18(2)28(17)14-22-11-20-5-8-24(12-25(20)27-22)30-23-6-3-19(4-7-23)21-9-10-26-13-21/h3-10,12,17-18H,11,13-16H2,1-2H3/t17-,18-/m0/s1. The number of rotatable bonds is 5. The van der Waals surface area contributed by atoms with E-state index in [2.05, 4.69) is 54.1 Å². The van der Waals surface area contributed by atoms with Crippen molar-refractivity contribution in [2.45, 2.75) is 32.4 Å². The molecule has 5 rings (SSSR count). The average Bonchev–Trinajstić information content (AvgIpc) is 3.41. The van der Waals surface area contributed by atoms with E-state index in [4.69, 9.17) is 14.5 Å². The summed E-state index contributed by atoms with van der Waals surface area (Å²) in [6.45, 7) is 7.71. The Kier molecular flexibility index (Phi) is 5.23. The van der Waals surface area contributed by atoms with Gasteiger partial charge >= 0.3 is 0 Å². The molecule has 2 aromatic rings. The van der Waals surface area contributed by atoms with Gasteiger partial charge < -0.3 is 9.47 Å². The van der Waals surface area contributed by atoms with Crippen LogP contribution in [0, 0.1) is 0 Å². The zero-order valence-corrected chi connectivity index (χ0v) is 17.5.